The number of hydrogen-bond acceptors (Lipinski definition) is 4. The minimum absolute atomic E-state index is 0.328. The van der Waals surface area contributed by atoms with E-state index in [2.05, 4.69) is 55.1 Å². The molecule has 0 aliphatic carbocycles. The van der Waals surface area contributed by atoms with Crippen molar-refractivity contribution >= 4 is 0 Å². The standard InChI is InChI=1S/C17H24N2O2/c1-13(2)19(14(3)15-8-6-5-7-9-15)11-16-10-17(12-20-4)21-18-16/h5-10,13-14H,11-12H2,1-4H3. The van der Waals surface area contributed by atoms with E-state index >= 15 is 0 Å². The van der Waals surface area contributed by atoms with Gasteiger partial charge in [-0.05, 0) is 26.3 Å². The van der Waals surface area contributed by atoms with E-state index in [1.54, 1.807) is 7.11 Å². The van der Waals surface area contributed by atoms with Crippen LogP contribution in [0.2, 0.25) is 0 Å². The Morgan fingerprint density at radius 3 is 2.52 bits per heavy atom. The van der Waals surface area contributed by atoms with Crippen LogP contribution in [-0.4, -0.2) is 23.2 Å². The van der Waals surface area contributed by atoms with E-state index in [-0.39, 0.29) is 0 Å². The third-order valence-electron chi connectivity index (χ3n) is 3.68. The van der Waals surface area contributed by atoms with Crippen molar-refractivity contribution < 1.29 is 9.26 Å². The minimum atomic E-state index is 0.328. The van der Waals surface area contributed by atoms with Gasteiger partial charge in [0.25, 0.3) is 0 Å². The second kappa shape index (κ2) is 7.38. The fourth-order valence-electron chi connectivity index (χ4n) is 2.52. The maximum absolute atomic E-state index is 5.27. The lowest BCUT2D eigenvalue weighted by atomic mass is 10.1. The minimum Gasteiger partial charge on any atom is -0.377 e. The number of methoxy groups -OCH3 is 1. The number of hydrogen-bond donors (Lipinski definition) is 0. The zero-order valence-electron chi connectivity index (χ0n) is 13.2. The molecule has 0 aliphatic heterocycles. The molecule has 21 heavy (non-hydrogen) atoms. The Hall–Kier alpha value is -1.65. The number of ether oxygens (including phenoxy) is 1. The van der Waals surface area contributed by atoms with Gasteiger partial charge in [-0.15, -0.1) is 0 Å². The van der Waals surface area contributed by atoms with Gasteiger partial charge in [0, 0.05) is 31.8 Å². The normalized spacial score (nSPS) is 13.0. The molecule has 1 aromatic carbocycles. The molecule has 4 heteroatoms. The first-order chi connectivity index (χ1) is 10.1. The van der Waals surface area contributed by atoms with Crippen LogP contribution in [0.1, 0.15) is 43.8 Å². The molecule has 0 fully saturated rings. The second-order valence-electron chi connectivity index (χ2n) is 5.57. The van der Waals surface area contributed by atoms with Crippen molar-refractivity contribution in [2.45, 2.75) is 46.0 Å². The Labute approximate surface area is 126 Å². The average molecular weight is 288 g/mol. The Morgan fingerprint density at radius 1 is 1.19 bits per heavy atom. The monoisotopic (exact) mass is 288 g/mol. The van der Waals surface area contributed by atoms with E-state index in [1.807, 2.05) is 12.1 Å². The van der Waals surface area contributed by atoms with Gasteiger partial charge in [0.15, 0.2) is 5.76 Å². The summed E-state index contributed by atoms with van der Waals surface area (Å²) in [5.74, 6) is 0.767. The van der Waals surface area contributed by atoms with Crippen molar-refractivity contribution in [3.63, 3.8) is 0 Å². The molecule has 1 aromatic heterocycles. The quantitative estimate of drug-likeness (QED) is 0.777. The molecule has 0 saturated carbocycles. The number of rotatable bonds is 7. The predicted octanol–water partition coefficient (Wildman–Crippen LogP) is 3.79. The lowest BCUT2D eigenvalue weighted by Gasteiger charge is -2.32. The molecule has 0 bridgehead atoms. The van der Waals surface area contributed by atoms with Crippen LogP contribution in [0.4, 0.5) is 0 Å². The first kappa shape index (κ1) is 15.7. The summed E-state index contributed by atoms with van der Waals surface area (Å²) in [4.78, 5) is 2.41. The van der Waals surface area contributed by atoms with E-state index in [4.69, 9.17) is 9.26 Å². The molecular weight excluding hydrogens is 264 g/mol. The summed E-state index contributed by atoms with van der Waals surface area (Å²) in [7, 11) is 1.65. The third kappa shape index (κ3) is 4.16. The molecular formula is C17H24N2O2. The Morgan fingerprint density at radius 2 is 1.90 bits per heavy atom. The summed E-state index contributed by atoms with van der Waals surface area (Å²) >= 11 is 0. The van der Waals surface area contributed by atoms with Crippen LogP contribution in [0.25, 0.3) is 0 Å². The highest BCUT2D eigenvalue weighted by Gasteiger charge is 2.20. The van der Waals surface area contributed by atoms with E-state index in [9.17, 15) is 0 Å². The molecule has 0 amide bonds. The van der Waals surface area contributed by atoms with Crippen LogP contribution < -0.4 is 0 Å². The molecule has 1 unspecified atom stereocenters. The van der Waals surface area contributed by atoms with Gasteiger partial charge in [0.2, 0.25) is 0 Å². The maximum Gasteiger partial charge on any atom is 0.162 e. The first-order valence-corrected chi connectivity index (χ1v) is 7.36. The molecule has 0 aliphatic rings. The highest BCUT2D eigenvalue weighted by atomic mass is 16.5. The molecule has 0 saturated heterocycles. The van der Waals surface area contributed by atoms with Crippen molar-refractivity contribution in [3.05, 3.63) is 53.4 Å². The summed E-state index contributed by atoms with van der Waals surface area (Å²) in [5, 5.41) is 4.14. The van der Waals surface area contributed by atoms with Gasteiger partial charge >= 0.3 is 0 Å². The largest absolute Gasteiger partial charge is 0.377 e. The van der Waals surface area contributed by atoms with Crippen LogP contribution in [-0.2, 0) is 17.9 Å². The second-order valence-corrected chi connectivity index (χ2v) is 5.57. The van der Waals surface area contributed by atoms with Crippen molar-refractivity contribution in [2.75, 3.05) is 7.11 Å². The third-order valence-corrected chi connectivity index (χ3v) is 3.68. The molecule has 0 N–H and O–H groups in total. The molecule has 1 heterocycles. The average Bonchev–Trinajstić information content (AvgIpc) is 2.92. The SMILES string of the molecule is COCc1cc(CN(C(C)C)C(C)c2ccccc2)no1. The Kier molecular flexibility index (Phi) is 5.53. The number of benzene rings is 1. The predicted molar refractivity (Wildman–Crippen MR) is 82.8 cm³/mol. The van der Waals surface area contributed by atoms with Crippen LogP contribution in [0.3, 0.4) is 0 Å². The maximum atomic E-state index is 5.27. The molecule has 114 valence electrons. The lowest BCUT2D eigenvalue weighted by molar-refractivity contribution is 0.147. The van der Waals surface area contributed by atoms with Gasteiger partial charge in [0.05, 0.1) is 5.69 Å². The van der Waals surface area contributed by atoms with Gasteiger partial charge < -0.3 is 9.26 Å². The zero-order valence-corrected chi connectivity index (χ0v) is 13.2. The van der Waals surface area contributed by atoms with Crippen LogP contribution >= 0.6 is 0 Å². The fourth-order valence-corrected chi connectivity index (χ4v) is 2.52. The summed E-state index contributed by atoms with van der Waals surface area (Å²) in [6, 6.07) is 13.3. The van der Waals surface area contributed by atoms with Crippen LogP contribution in [0.15, 0.2) is 40.9 Å². The van der Waals surface area contributed by atoms with E-state index in [0.717, 1.165) is 18.0 Å². The van der Waals surface area contributed by atoms with Crippen molar-refractivity contribution in [1.82, 2.24) is 10.1 Å². The summed E-state index contributed by atoms with van der Waals surface area (Å²) in [6.07, 6.45) is 0. The van der Waals surface area contributed by atoms with Crippen LogP contribution in [0, 0.1) is 0 Å². The number of aromatic nitrogens is 1. The van der Waals surface area contributed by atoms with Gasteiger partial charge in [-0.2, -0.15) is 0 Å². The van der Waals surface area contributed by atoms with Crippen molar-refractivity contribution in [2.24, 2.45) is 0 Å². The van der Waals surface area contributed by atoms with E-state index < -0.39 is 0 Å². The molecule has 2 rings (SSSR count). The van der Waals surface area contributed by atoms with Gasteiger partial charge in [-0.1, -0.05) is 35.5 Å². The summed E-state index contributed by atoms with van der Waals surface area (Å²) in [5.41, 5.74) is 2.25. The summed E-state index contributed by atoms with van der Waals surface area (Å²) in [6.45, 7) is 7.86. The Bertz CT molecular complexity index is 537. The van der Waals surface area contributed by atoms with Crippen molar-refractivity contribution in [3.8, 4) is 0 Å². The topological polar surface area (TPSA) is 38.5 Å². The van der Waals surface area contributed by atoms with E-state index in [1.165, 1.54) is 5.56 Å². The first-order valence-electron chi connectivity index (χ1n) is 7.36. The van der Waals surface area contributed by atoms with Gasteiger partial charge in [0.1, 0.15) is 6.61 Å². The van der Waals surface area contributed by atoms with Gasteiger partial charge in [-0.3, -0.25) is 4.90 Å². The zero-order chi connectivity index (χ0) is 15.2. The molecule has 1 atom stereocenters. The molecule has 2 aromatic rings. The lowest BCUT2D eigenvalue weighted by Crippen LogP contribution is -2.33. The van der Waals surface area contributed by atoms with Crippen molar-refractivity contribution in [1.29, 1.82) is 0 Å². The van der Waals surface area contributed by atoms with Crippen LogP contribution in [0.5, 0.6) is 0 Å². The number of nitrogens with zero attached hydrogens (tertiary/aromatic N) is 2. The molecule has 4 nitrogen and oxygen atoms in total. The van der Waals surface area contributed by atoms with Gasteiger partial charge in [-0.25, -0.2) is 0 Å². The fraction of sp³-hybridized carbons (Fsp3) is 0.471. The molecule has 0 spiro atoms. The highest BCUT2D eigenvalue weighted by Crippen LogP contribution is 2.24. The highest BCUT2D eigenvalue weighted by molar-refractivity contribution is 5.19. The Balaban J connectivity index is 2.11. The van der Waals surface area contributed by atoms with E-state index in [0.29, 0.717) is 18.7 Å². The molecule has 0 radical (unpaired) electrons. The smallest absolute Gasteiger partial charge is 0.162 e. The summed E-state index contributed by atoms with van der Waals surface area (Å²) < 4.78 is 10.3.